The fourth-order valence-corrected chi connectivity index (χ4v) is 11.9. The van der Waals surface area contributed by atoms with Crippen LogP contribution in [0, 0.1) is 5.92 Å². The van der Waals surface area contributed by atoms with Crippen LogP contribution in [0.5, 0.6) is 0 Å². The fraction of sp³-hybridized carbons (Fsp3) is 0.455. The van der Waals surface area contributed by atoms with Crippen molar-refractivity contribution in [2.45, 2.75) is 82.3 Å². The molecule has 1 heterocycles. The van der Waals surface area contributed by atoms with Crippen LogP contribution in [0.4, 0.5) is 0 Å². The van der Waals surface area contributed by atoms with Gasteiger partial charge in [0, 0.05) is 16.0 Å². The van der Waals surface area contributed by atoms with Crippen LogP contribution in [-0.2, 0) is 19.2 Å². The van der Waals surface area contributed by atoms with Gasteiger partial charge in [-0.3, -0.25) is 0 Å². The largest absolute Gasteiger partial charge is 0.390 e. The number of hydrogen-bond donors (Lipinski definition) is 0. The molecule has 2 fully saturated rings. The summed E-state index contributed by atoms with van der Waals surface area (Å²) in [5.74, 6) is 0.291. The summed E-state index contributed by atoms with van der Waals surface area (Å²) in [5, 5.41) is -0.0282. The quantitative estimate of drug-likeness (QED) is 0.245. The van der Waals surface area contributed by atoms with E-state index >= 15 is 0 Å². The zero-order valence-corrected chi connectivity index (χ0v) is 24.2. The van der Waals surface area contributed by atoms with Gasteiger partial charge in [-0.15, -0.1) is 0 Å². The highest BCUT2D eigenvalue weighted by Gasteiger charge is 2.64. The van der Waals surface area contributed by atoms with Crippen LogP contribution < -0.4 is 0 Å². The second-order valence-electron chi connectivity index (χ2n) is 12.8. The zero-order chi connectivity index (χ0) is 26.3. The summed E-state index contributed by atoms with van der Waals surface area (Å²) in [6.07, 6.45) is 2.37. The molecule has 0 N–H and O–H groups in total. The zero-order valence-electron chi connectivity index (χ0n) is 23.2. The van der Waals surface area contributed by atoms with Gasteiger partial charge in [0.1, 0.15) is 5.60 Å². The van der Waals surface area contributed by atoms with Gasteiger partial charge in [0.2, 0.25) is 0 Å². The molecule has 0 spiro atoms. The maximum atomic E-state index is 7.20. The third-order valence-corrected chi connectivity index (χ3v) is 13.5. The summed E-state index contributed by atoms with van der Waals surface area (Å²) in [4.78, 5) is 0. The SMILES string of the molecule is CC(C)(C)[Si]1(C(C)(C)C)O[C@H]2C[C@H](COC(c3ccccc3)(c3ccccc3)c3ccccc3)[C@H](C2)O1. The molecule has 3 nitrogen and oxygen atoms in total. The molecular formula is C33H42O3Si. The van der Waals surface area contributed by atoms with Crippen molar-refractivity contribution in [1.29, 1.82) is 0 Å². The lowest BCUT2D eigenvalue weighted by molar-refractivity contribution is -0.0368. The van der Waals surface area contributed by atoms with E-state index in [9.17, 15) is 0 Å². The maximum Gasteiger partial charge on any atom is 0.349 e. The molecule has 1 saturated carbocycles. The summed E-state index contributed by atoms with van der Waals surface area (Å²) in [7, 11) is -2.51. The first-order valence-corrected chi connectivity index (χ1v) is 15.5. The first-order chi connectivity index (χ1) is 17.6. The minimum Gasteiger partial charge on any atom is -0.390 e. The predicted octanol–water partition coefficient (Wildman–Crippen LogP) is 8.23. The number of ether oxygens (including phenoxy) is 1. The Kier molecular flexibility index (Phi) is 6.99. The molecule has 3 aromatic carbocycles. The number of fused-ring (bicyclic) bond motifs is 2. The molecule has 196 valence electrons. The van der Waals surface area contributed by atoms with Crippen molar-refractivity contribution < 1.29 is 13.6 Å². The van der Waals surface area contributed by atoms with E-state index in [0.717, 1.165) is 29.5 Å². The molecule has 3 aromatic rings. The van der Waals surface area contributed by atoms with Crippen molar-refractivity contribution in [1.82, 2.24) is 0 Å². The monoisotopic (exact) mass is 514 g/mol. The van der Waals surface area contributed by atoms with Crippen LogP contribution in [0.15, 0.2) is 91.0 Å². The van der Waals surface area contributed by atoms with E-state index in [-0.39, 0.29) is 22.3 Å². The van der Waals surface area contributed by atoms with Crippen LogP contribution in [0.1, 0.15) is 71.1 Å². The van der Waals surface area contributed by atoms with Crippen LogP contribution in [0.3, 0.4) is 0 Å². The van der Waals surface area contributed by atoms with Crippen molar-refractivity contribution >= 4 is 8.56 Å². The summed E-state index contributed by atoms with van der Waals surface area (Å²) >= 11 is 0. The second kappa shape index (κ2) is 9.81. The van der Waals surface area contributed by atoms with Crippen molar-refractivity contribution in [2.75, 3.05) is 6.61 Å². The molecule has 5 rings (SSSR count). The second-order valence-corrected chi connectivity index (χ2v) is 17.5. The van der Waals surface area contributed by atoms with Gasteiger partial charge in [0.05, 0.1) is 18.8 Å². The van der Waals surface area contributed by atoms with Crippen molar-refractivity contribution in [3.8, 4) is 0 Å². The van der Waals surface area contributed by atoms with Crippen molar-refractivity contribution in [3.63, 3.8) is 0 Å². The molecule has 1 aliphatic carbocycles. The lowest BCUT2D eigenvalue weighted by Gasteiger charge is -2.53. The van der Waals surface area contributed by atoms with E-state index in [4.69, 9.17) is 13.6 Å². The highest BCUT2D eigenvalue weighted by atomic mass is 28.4. The highest BCUT2D eigenvalue weighted by Crippen LogP contribution is 2.58. The molecule has 0 unspecified atom stereocenters. The van der Waals surface area contributed by atoms with E-state index in [1.165, 1.54) is 0 Å². The van der Waals surface area contributed by atoms with Gasteiger partial charge in [0.15, 0.2) is 0 Å². The summed E-state index contributed by atoms with van der Waals surface area (Å²) < 4.78 is 21.3. The van der Waals surface area contributed by atoms with E-state index in [0.29, 0.717) is 12.5 Å². The normalized spacial score (nSPS) is 23.7. The Morgan fingerprint density at radius 1 is 0.649 bits per heavy atom. The molecule has 37 heavy (non-hydrogen) atoms. The Morgan fingerprint density at radius 2 is 1.08 bits per heavy atom. The molecule has 4 heteroatoms. The Hall–Kier alpha value is -2.24. The van der Waals surface area contributed by atoms with Gasteiger partial charge in [0.25, 0.3) is 0 Å². The number of benzene rings is 3. The van der Waals surface area contributed by atoms with Gasteiger partial charge < -0.3 is 13.6 Å². The standard InChI is InChI=1S/C33H42O3Si/c1-31(2,3)37(32(4,5)6)35-29-22-25(30(23-29)36-37)24-34-33(26-16-10-7-11-17-26,27-18-12-8-13-19-27)28-20-14-9-15-21-28/h7-21,25,29-30H,22-24H2,1-6H3/t25-,29+,30+/m1/s1. The van der Waals surface area contributed by atoms with E-state index < -0.39 is 14.2 Å². The van der Waals surface area contributed by atoms with Crippen molar-refractivity contribution in [2.24, 2.45) is 5.92 Å². The van der Waals surface area contributed by atoms with Gasteiger partial charge >= 0.3 is 8.56 Å². The van der Waals surface area contributed by atoms with E-state index in [1.54, 1.807) is 0 Å². The maximum absolute atomic E-state index is 7.20. The molecule has 0 amide bonds. The molecular weight excluding hydrogens is 472 g/mol. The van der Waals surface area contributed by atoms with Gasteiger partial charge in [-0.25, -0.2) is 0 Å². The van der Waals surface area contributed by atoms with Crippen LogP contribution in [-0.4, -0.2) is 27.4 Å². The molecule has 0 aromatic heterocycles. The Morgan fingerprint density at radius 3 is 1.49 bits per heavy atom. The van der Waals surface area contributed by atoms with Gasteiger partial charge in [-0.05, 0) is 29.5 Å². The minimum absolute atomic E-state index is 0.0141. The van der Waals surface area contributed by atoms with Gasteiger partial charge in [-0.1, -0.05) is 133 Å². The Bertz CT molecular complexity index is 1050. The average Bonchev–Trinajstić information content (AvgIpc) is 3.17. The fourth-order valence-electron chi connectivity index (χ4n) is 6.76. The molecule has 2 bridgehead atoms. The number of hydrogen-bond acceptors (Lipinski definition) is 3. The van der Waals surface area contributed by atoms with E-state index in [2.05, 4.69) is 133 Å². The first kappa shape index (κ1) is 26.4. The van der Waals surface area contributed by atoms with Crippen LogP contribution in [0.2, 0.25) is 10.1 Å². The molecule has 3 atom stereocenters. The average molecular weight is 515 g/mol. The lowest BCUT2D eigenvalue weighted by Crippen LogP contribution is -2.62. The van der Waals surface area contributed by atoms with Crippen molar-refractivity contribution in [3.05, 3.63) is 108 Å². The molecule has 1 saturated heterocycles. The first-order valence-electron chi connectivity index (χ1n) is 13.7. The van der Waals surface area contributed by atoms with E-state index in [1.807, 2.05) is 0 Å². The molecule has 2 aliphatic rings. The molecule has 0 radical (unpaired) electrons. The van der Waals surface area contributed by atoms with Gasteiger partial charge in [-0.2, -0.15) is 0 Å². The lowest BCUT2D eigenvalue weighted by atomic mass is 9.80. The third kappa shape index (κ3) is 4.63. The Labute approximate surface area is 224 Å². The molecule has 1 aliphatic heterocycles. The third-order valence-electron chi connectivity index (χ3n) is 8.27. The van der Waals surface area contributed by atoms with Crippen LogP contribution in [0.25, 0.3) is 0 Å². The topological polar surface area (TPSA) is 27.7 Å². The minimum atomic E-state index is -2.51. The highest BCUT2D eigenvalue weighted by molar-refractivity contribution is 6.73. The predicted molar refractivity (Wildman–Crippen MR) is 153 cm³/mol. The summed E-state index contributed by atoms with van der Waals surface area (Å²) in [5.41, 5.74) is 2.71. The summed E-state index contributed by atoms with van der Waals surface area (Å²) in [6, 6.07) is 31.9. The number of rotatable bonds is 6. The van der Waals surface area contributed by atoms with Crippen LogP contribution >= 0.6 is 0 Å². The Balaban J connectivity index is 1.51. The smallest absolute Gasteiger partial charge is 0.349 e. The summed E-state index contributed by atoms with van der Waals surface area (Å²) in [6.45, 7) is 14.4.